The number of hydrogen-bond acceptors (Lipinski definition) is 3. The lowest BCUT2D eigenvalue weighted by molar-refractivity contribution is 0.595. The van der Waals surface area contributed by atoms with Crippen LogP contribution in [0.2, 0.25) is 0 Å². The summed E-state index contributed by atoms with van der Waals surface area (Å²) in [5.74, 6) is 0.693. The first-order chi connectivity index (χ1) is 5.53. The molecule has 0 bridgehead atoms. The molecule has 0 radical (unpaired) electrons. The van der Waals surface area contributed by atoms with Crippen LogP contribution in [0.1, 0.15) is 18.4 Å². The molecule has 0 amide bonds. The number of aromatic amines is 1. The van der Waals surface area contributed by atoms with Gasteiger partial charge in [-0.3, -0.25) is 0 Å². The molecule has 1 heterocycles. The van der Waals surface area contributed by atoms with Gasteiger partial charge in [0.05, 0.1) is 0 Å². The van der Waals surface area contributed by atoms with Gasteiger partial charge in [0.1, 0.15) is 11.6 Å². The van der Waals surface area contributed by atoms with Gasteiger partial charge in [-0.1, -0.05) is 6.92 Å². The minimum Gasteiger partial charge on any atom is -0.345 e. The van der Waals surface area contributed by atoms with Crippen LogP contribution in [0.15, 0.2) is 6.20 Å². The lowest BCUT2D eigenvalue weighted by Gasteiger charge is -1.96. The molecule has 0 aliphatic heterocycles. The second-order valence-electron chi connectivity index (χ2n) is 2.69. The van der Waals surface area contributed by atoms with E-state index in [1.54, 1.807) is 13.1 Å². The predicted octanol–water partition coefficient (Wildman–Crippen LogP) is 0.653. The molecule has 4 nitrogen and oxygen atoms in total. The number of H-pyrrole nitrogens is 1. The van der Waals surface area contributed by atoms with Crippen molar-refractivity contribution in [1.29, 1.82) is 0 Å². The van der Waals surface area contributed by atoms with Gasteiger partial charge in [0.2, 0.25) is 0 Å². The first-order valence-corrected chi connectivity index (χ1v) is 5.56. The molecule has 0 atom stereocenters. The highest BCUT2D eigenvalue weighted by Gasteiger charge is 2.10. The maximum atomic E-state index is 11.1. The zero-order valence-corrected chi connectivity index (χ0v) is 7.98. The van der Waals surface area contributed by atoms with Crippen molar-refractivity contribution < 1.29 is 8.42 Å². The number of aryl methyl sites for hydroxylation is 1. The summed E-state index contributed by atoms with van der Waals surface area (Å²) < 4.78 is 22.2. The molecule has 68 valence electrons. The fraction of sp³-hybridized carbons (Fsp3) is 0.571. The SMILES string of the molecule is CCS(=O)(=O)Cc1ncc(C)[nH]1. The molecule has 1 rings (SSSR count). The van der Waals surface area contributed by atoms with Gasteiger partial charge in [-0.05, 0) is 6.92 Å². The summed E-state index contributed by atoms with van der Waals surface area (Å²) in [5, 5.41) is 0. The average molecular weight is 188 g/mol. The first kappa shape index (κ1) is 9.25. The Kier molecular flexibility index (Phi) is 2.52. The van der Waals surface area contributed by atoms with E-state index in [2.05, 4.69) is 9.97 Å². The third-order valence-corrected chi connectivity index (χ3v) is 3.14. The van der Waals surface area contributed by atoms with Crippen molar-refractivity contribution in [2.75, 3.05) is 5.75 Å². The summed E-state index contributed by atoms with van der Waals surface area (Å²) in [7, 11) is -2.95. The summed E-state index contributed by atoms with van der Waals surface area (Å²) in [6, 6.07) is 0. The van der Waals surface area contributed by atoms with E-state index < -0.39 is 9.84 Å². The van der Waals surface area contributed by atoms with Crippen molar-refractivity contribution >= 4 is 9.84 Å². The fourth-order valence-electron chi connectivity index (χ4n) is 0.851. The smallest absolute Gasteiger partial charge is 0.157 e. The van der Waals surface area contributed by atoms with E-state index >= 15 is 0 Å². The van der Waals surface area contributed by atoms with Crippen LogP contribution in [-0.2, 0) is 15.6 Å². The molecule has 0 spiro atoms. The normalized spacial score (nSPS) is 11.8. The van der Waals surface area contributed by atoms with E-state index in [0.29, 0.717) is 5.82 Å². The number of aromatic nitrogens is 2. The summed E-state index contributed by atoms with van der Waals surface area (Å²) in [6.07, 6.45) is 1.63. The largest absolute Gasteiger partial charge is 0.345 e. The lowest BCUT2D eigenvalue weighted by atomic mass is 10.6. The highest BCUT2D eigenvalue weighted by atomic mass is 32.2. The summed E-state index contributed by atoms with van der Waals surface area (Å²) in [4.78, 5) is 6.79. The molecule has 5 heteroatoms. The van der Waals surface area contributed by atoms with Crippen molar-refractivity contribution in [2.24, 2.45) is 0 Å². The highest BCUT2D eigenvalue weighted by Crippen LogP contribution is 2.02. The number of rotatable bonds is 3. The second-order valence-corrected chi connectivity index (χ2v) is 5.04. The fourth-order valence-corrected chi connectivity index (χ4v) is 1.62. The Labute approximate surface area is 71.9 Å². The standard InChI is InChI=1S/C7H12N2O2S/c1-3-12(10,11)5-7-8-4-6(2)9-7/h4H,3,5H2,1-2H3,(H,8,9). The maximum absolute atomic E-state index is 11.1. The highest BCUT2D eigenvalue weighted by molar-refractivity contribution is 7.90. The van der Waals surface area contributed by atoms with Crippen molar-refractivity contribution in [3.05, 3.63) is 17.7 Å². The minimum atomic E-state index is -2.95. The summed E-state index contributed by atoms with van der Waals surface area (Å²) >= 11 is 0. The monoisotopic (exact) mass is 188 g/mol. The van der Waals surface area contributed by atoms with Gasteiger partial charge in [0.25, 0.3) is 0 Å². The van der Waals surface area contributed by atoms with Crippen molar-refractivity contribution in [1.82, 2.24) is 9.97 Å². The van der Waals surface area contributed by atoms with Gasteiger partial charge in [-0.25, -0.2) is 13.4 Å². The average Bonchev–Trinajstić information content (AvgIpc) is 2.35. The van der Waals surface area contributed by atoms with E-state index in [1.807, 2.05) is 6.92 Å². The predicted molar refractivity (Wildman–Crippen MR) is 46.5 cm³/mol. The van der Waals surface area contributed by atoms with Crippen LogP contribution in [0.3, 0.4) is 0 Å². The molecule has 0 saturated heterocycles. The lowest BCUT2D eigenvalue weighted by Crippen LogP contribution is -2.07. The van der Waals surface area contributed by atoms with Crippen LogP contribution in [0.5, 0.6) is 0 Å². The Bertz CT molecular complexity index is 353. The zero-order chi connectivity index (χ0) is 9.19. The van der Waals surface area contributed by atoms with E-state index in [1.165, 1.54) is 0 Å². The molecular weight excluding hydrogens is 176 g/mol. The number of nitrogens with one attached hydrogen (secondary N) is 1. The molecular formula is C7H12N2O2S. The maximum Gasteiger partial charge on any atom is 0.157 e. The Morgan fingerprint density at radius 1 is 1.58 bits per heavy atom. The van der Waals surface area contributed by atoms with Crippen molar-refractivity contribution in [3.8, 4) is 0 Å². The Balaban J connectivity index is 2.77. The molecule has 0 fully saturated rings. The molecule has 0 aliphatic rings. The van der Waals surface area contributed by atoms with Crippen LogP contribution < -0.4 is 0 Å². The van der Waals surface area contributed by atoms with Crippen LogP contribution in [-0.4, -0.2) is 24.1 Å². The topological polar surface area (TPSA) is 62.8 Å². The van der Waals surface area contributed by atoms with E-state index in [0.717, 1.165) is 5.69 Å². The molecule has 1 aromatic heterocycles. The van der Waals surface area contributed by atoms with E-state index in [4.69, 9.17) is 0 Å². The molecule has 0 saturated carbocycles. The van der Waals surface area contributed by atoms with Gasteiger partial charge in [0, 0.05) is 17.6 Å². The molecule has 1 aromatic rings. The van der Waals surface area contributed by atoms with Crippen molar-refractivity contribution in [3.63, 3.8) is 0 Å². The van der Waals surface area contributed by atoms with Crippen molar-refractivity contribution in [2.45, 2.75) is 19.6 Å². The first-order valence-electron chi connectivity index (χ1n) is 3.74. The molecule has 12 heavy (non-hydrogen) atoms. The third kappa shape index (κ3) is 2.34. The van der Waals surface area contributed by atoms with Gasteiger partial charge >= 0.3 is 0 Å². The molecule has 0 unspecified atom stereocenters. The molecule has 1 N–H and O–H groups in total. The number of sulfone groups is 1. The third-order valence-electron chi connectivity index (χ3n) is 1.55. The Hall–Kier alpha value is -0.840. The Morgan fingerprint density at radius 2 is 2.25 bits per heavy atom. The number of imidazole rings is 1. The van der Waals surface area contributed by atoms with Crippen LogP contribution in [0.4, 0.5) is 0 Å². The minimum absolute atomic E-state index is 0.0112. The second kappa shape index (κ2) is 3.26. The van der Waals surface area contributed by atoms with E-state index in [-0.39, 0.29) is 11.5 Å². The summed E-state index contributed by atoms with van der Waals surface area (Å²) in [6.45, 7) is 3.47. The Morgan fingerprint density at radius 3 is 2.67 bits per heavy atom. The zero-order valence-electron chi connectivity index (χ0n) is 7.16. The number of nitrogens with zero attached hydrogens (tertiary/aromatic N) is 1. The number of hydrogen-bond donors (Lipinski definition) is 1. The van der Waals surface area contributed by atoms with Gasteiger partial charge in [-0.2, -0.15) is 0 Å². The quantitative estimate of drug-likeness (QED) is 0.757. The van der Waals surface area contributed by atoms with Gasteiger partial charge in [0.15, 0.2) is 9.84 Å². The summed E-state index contributed by atoms with van der Waals surface area (Å²) in [5.41, 5.74) is 0.885. The van der Waals surface area contributed by atoms with Crippen LogP contribution >= 0.6 is 0 Å². The van der Waals surface area contributed by atoms with Gasteiger partial charge in [-0.15, -0.1) is 0 Å². The molecule has 0 aliphatic carbocycles. The van der Waals surface area contributed by atoms with Crippen LogP contribution in [0, 0.1) is 6.92 Å². The molecule has 0 aromatic carbocycles. The van der Waals surface area contributed by atoms with E-state index in [9.17, 15) is 8.42 Å². The van der Waals surface area contributed by atoms with Gasteiger partial charge < -0.3 is 4.98 Å². The van der Waals surface area contributed by atoms with Crippen LogP contribution in [0.25, 0.3) is 0 Å².